The maximum absolute atomic E-state index is 14.4. The van der Waals surface area contributed by atoms with E-state index in [9.17, 15) is 4.39 Å². The van der Waals surface area contributed by atoms with Crippen LogP contribution in [0.5, 0.6) is 5.75 Å². The van der Waals surface area contributed by atoms with Gasteiger partial charge in [-0.05, 0) is 30.7 Å². The zero-order valence-corrected chi connectivity index (χ0v) is 11.8. The first-order valence-electron chi connectivity index (χ1n) is 6.88. The fourth-order valence-electron chi connectivity index (χ4n) is 2.36. The smallest absolute Gasteiger partial charge is 0.137 e. The van der Waals surface area contributed by atoms with E-state index >= 15 is 0 Å². The summed E-state index contributed by atoms with van der Waals surface area (Å²) in [7, 11) is 0. The fourth-order valence-corrected chi connectivity index (χ4v) is 2.36. The number of aromatic nitrogens is 1. The van der Waals surface area contributed by atoms with Crippen LogP contribution in [0.15, 0.2) is 42.6 Å². The summed E-state index contributed by atoms with van der Waals surface area (Å²) in [5.74, 6) is 0.530. The topological polar surface area (TPSA) is 51.0 Å². The lowest BCUT2D eigenvalue weighted by atomic mass is 10.1. The number of aryl methyl sites for hydroxylation is 1. The van der Waals surface area contributed by atoms with Crippen molar-refractivity contribution in [3.05, 3.63) is 59.5 Å². The lowest BCUT2D eigenvalue weighted by molar-refractivity contribution is 0.320. The van der Waals surface area contributed by atoms with Gasteiger partial charge in [0.2, 0.25) is 0 Å². The monoisotopic (exact) mass is 284 g/mol. The molecule has 3 rings (SSSR count). The summed E-state index contributed by atoms with van der Waals surface area (Å²) < 4.78 is 20.0. The van der Waals surface area contributed by atoms with Crippen LogP contribution in [0, 0.1) is 12.7 Å². The predicted molar refractivity (Wildman–Crippen MR) is 83.0 cm³/mol. The number of ether oxygens (including phenoxy) is 1. The molecule has 1 aromatic heterocycles. The lowest BCUT2D eigenvalue weighted by Crippen LogP contribution is -2.03. The molecule has 3 nitrogen and oxygen atoms in total. The summed E-state index contributed by atoms with van der Waals surface area (Å²) in [6.45, 7) is 2.45. The first kappa shape index (κ1) is 13.5. The molecule has 0 saturated carbocycles. The van der Waals surface area contributed by atoms with Gasteiger partial charge in [-0.3, -0.25) is 0 Å². The van der Waals surface area contributed by atoms with Crippen LogP contribution in [0.2, 0.25) is 0 Å². The Morgan fingerprint density at radius 1 is 1.14 bits per heavy atom. The summed E-state index contributed by atoms with van der Waals surface area (Å²) >= 11 is 0. The Kier molecular flexibility index (Phi) is 3.52. The summed E-state index contributed by atoms with van der Waals surface area (Å²) in [4.78, 5) is 2.95. The molecule has 1 heterocycles. The quantitative estimate of drug-likeness (QED) is 0.765. The Balaban J connectivity index is 1.72. The van der Waals surface area contributed by atoms with E-state index in [4.69, 9.17) is 10.5 Å². The number of halogens is 1. The Morgan fingerprint density at radius 3 is 2.67 bits per heavy atom. The van der Waals surface area contributed by atoms with Crippen LogP contribution in [0.1, 0.15) is 11.1 Å². The van der Waals surface area contributed by atoms with Crippen molar-refractivity contribution < 1.29 is 9.13 Å². The van der Waals surface area contributed by atoms with Crippen molar-refractivity contribution in [2.45, 2.75) is 13.3 Å². The Morgan fingerprint density at radius 2 is 1.90 bits per heavy atom. The minimum atomic E-state index is -0.265. The van der Waals surface area contributed by atoms with E-state index < -0.39 is 0 Å². The van der Waals surface area contributed by atoms with Gasteiger partial charge in [-0.1, -0.05) is 23.8 Å². The lowest BCUT2D eigenvalue weighted by Gasteiger charge is -2.08. The molecule has 0 unspecified atom stereocenters. The summed E-state index contributed by atoms with van der Waals surface area (Å²) in [5, 5.41) is 0.461. The van der Waals surface area contributed by atoms with E-state index in [-0.39, 0.29) is 5.82 Å². The average Bonchev–Trinajstić information content (AvgIpc) is 2.86. The molecule has 3 aromatic rings. The highest BCUT2D eigenvalue weighted by Gasteiger charge is 2.11. The molecule has 0 fully saturated rings. The number of fused-ring (bicyclic) bond motifs is 1. The molecular formula is C17H17FN2O. The Hall–Kier alpha value is -2.49. The maximum Gasteiger partial charge on any atom is 0.137 e. The molecule has 0 spiro atoms. The van der Waals surface area contributed by atoms with E-state index in [1.807, 2.05) is 37.3 Å². The molecule has 0 aliphatic carbocycles. The molecule has 3 N–H and O–H groups in total. The largest absolute Gasteiger partial charge is 0.493 e. The highest BCUT2D eigenvalue weighted by atomic mass is 19.1. The molecule has 0 atom stereocenters. The van der Waals surface area contributed by atoms with Crippen molar-refractivity contribution in [1.82, 2.24) is 4.98 Å². The van der Waals surface area contributed by atoms with E-state index in [1.54, 1.807) is 12.3 Å². The molecule has 0 radical (unpaired) electrons. The number of H-pyrrole nitrogens is 1. The van der Waals surface area contributed by atoms with Gasteiger partial charge in [-0.2, -0.15) is 0 Å². The minimum absolute atomic E-state index is 0.265. The SMILES string of the molecule is Cc1ccc(OCCc2ccc3[nH]cc(N)c3c2F)cc1. The second-order valence-electron chi connectivity index (χ2n) is 5.12. The third kappa shape index (κ3) is 2.70. The zero-order valence-electron chi connectivity index (χ0n) is 11.8. The molecule has 0 bridgehead atoms. The summed E-state index contributed by atoms with van der Waals surface area (Å²) in [5.41, 5.74) is 8.72. The number of nitrogens with one attached hydrogen (secondary N) is 1. The van der Waals surface area contributed by atoms with E-state index in [2.05, 4.69) is 4.98 Å². The fraction of sp³-hybridized carbons (Fsp3) is 0.176. The van der Waals surface area contributed by atoms with Gasteiger partial charge in [0.25, 0.3) is 0 Å². The van der Waals surface area contributed by atoms with Crippen LogP contribution in [0.3, 0.4) is 0 Å². The number of rotatable bonds is 4. The molecule has 0 amide bonds. The van der Waals surface area contributed by atoms with Crippen LogP contribution in [0.4, 0.5) is 10.1 Å². The van der Waals surface area contributed by atoms with Gasteiger partial charge in [0.1, 0.15) is 11.6 Å². The molecule has 21 heavy (non-hydrogen) atoms. The van der Waals surface area contributed by atoms with Gasteiger partial charge >= 0.3 is 0 Å². The number of nitrogens with two attached hydrogens (primary N) is 1. The molecule has 108 valence electrons. The number of hydrogen-bond acceptors (Lipinski definition) is 2. The third-order valence-corrected chi connectivity index (χ3v) is 3.55. The number of nitrogen functional groups attached to an aromatic ring is 1. The molecule has 4 heteroatoms. The highest BCUT2D eigenvalue weighted by Crippen LogP contribution is 2.26. The van der Waals surface area contributed by atoms with Crippen molar-refractivity contribution in [3.8, 4) is 5.75 Å². The Labute approximate surface area is 122 Å². The van der Waals surface area contributed by atoms with Crippen molar-refractivity contribution in [2.75, 3.05) is 12.3 Å². The number of benzene rings is 2. The average molecular weight is 284 g/mol. The number of hydrogen-bond donors (Lipinski definition) is 2. The minimum Gasteiger partial charge on any atom is -0.493 e. The summed E-state index contributed by atoms with van der Waals surface area (Å²) in [6.07, 6.45) is 2.11. The standard InChI is InChI=1S/C17H17FN2O/c1-11-2-5-13(6-3-11)21-9-8-12-4-7-15-16(17(12)18)14(19)10-20-15/h2-7,10,20H,8-9,19H2,1H3. The van der Waals surface area contributed by atoms with Crippen molar-refractivity contribution in [1.29, 1.82) is 0 Å². The van der Waals surface area contributed by atoms with Crippen LogP contribution in [-0.2, 0) is 6.42 Å². The number of aromatic amines is 1. The molecule has 0 saturated heterocycles. The second kappa shape index (κ2) is 5.48. The third-order valence-electron chi connectivity index (χ3n) is 3.55. The van der Waals surface area contributed by atoms with Crippen molar-refractivity contribution in [2.24, 2.45) is 0 Å². The van der Waals surface area contributed by atoms with Crippen LogP contribution in [0.25, 0.3) is 10.9 Å². The first-order chi connectivity index (χ1) is 10.1. The molecular weight excluding hydrogens is 267 g/mol. The predicted octanol–water partition coefficient (Wildman–Crippen LogP) is 3.82. The maximum atomic E-state index is 14.4. The van der Waals surface area contributed by atoms with Gasteiger partial charge in [0.15, 0.2) is 0 Å². The van der Waals surface area contributed by atoms with Crippen molar-refractivity contribution >= 4 is 16.6 Å². The molecule has 2 aromatic carbocycles. The normalized spacial score (nSPS) is 11.0. The van der Waals surface area contributed by atoms with Gasteiger partial charge in [-0.15, -0.1) is 0 Å². The van der Waals surface area contributed by atoms with E-state index in [0.29, 0.717) is 35.2 Å². The van der Waals surface area contributed by atoms with E-state index in [0.717, 1.165) is 5.75 Å². The second-order valence-corrected chi connectivity index (χ2v) is 5.12. The van der Waals surface area contributed by atoms with E-state index in [1.165, 1.54) is 5.56 Å². The highest BCUT2D eigenvalue weighted by molar-refractivity contribution is 5.92. The zero-order chi connectivity index (χ0) is 14.8. The van der Waals surface area contributed by atoms with Crippen LogP contribution < -0.4 is 10.5 Å². The van der Waals surface area contributed by atoms with Crippen LogP contribution >= 0.6 is 0 Å². The number of anilines is 1. The Bertz CT molecular complexity index is 762. The first-order valence-corrected chi connectivity index (χ1v) is 6.88. The van der Waals surface area contributed by atoms with Crippen molar-refractivity contribution in [3.63, 3.8) is 0 Å². The summed E-state index contributed by atoms with van der Waals surface area (Å²) in [6, 6.07) is 11.4. The van der Waals surface area contributed by atoms with Gasteiger partial charge in [0.05, 0.1) is 23.2 Å². The van der Waals surface area contributed by atoms with Gasteiger partial charge in [-0.25, -0.2) is 4.39 Å². The van der Waals surface area contributed by atoms with Crippen LogP contribution in [-0.4, -0.2) is 11.6 Å². The molecule has 0 aliphatic heterocycles. The molecule has 0 aliphatic rings. The van der Waals surface area contributed by atoms with Gasteiger partial charge in [0, 0.05) is 12.6 Å². The van der Waals surface area contributed by atoms with Gasteiger partial charge < -0.3 is 15.5 Å².